The Bertz CT molecular complexity index is 909. The molecule has 1 fully saturated rings. The fourth-order valence-corrected chi connectivity index (χ4v) is 4.06. The van der Waals surface area contributed by atoms with Gasteiger partial charge in [-0.2, -0.15) is 0 Å². The van der Waals surface area contributed by atoms with Gasteiger partial charge in [0.2, 0.25) is 12.7 Å². The Morgan fingerprint density at radius 1 is 1.00 bits per heavy atom. The first kappa shape index (κ1) is 21.4. The van der Waals surface area contributed by atoms with Gasteiger partial charge in [0, 0.05) is 44.5 Å². The van der Waals surface area contributed by atoms with Gasteiger partial charge >= 0.3 is 0 Å². The van der Waals surface area contributed by atoms with Crippen LogP contribution in [-0.4, -0.2) is 66.9 Å². The van der Waals surface area contributed by atoms with E-state index in [1.807, 2.05) is 36.4 Å². The average molecular weight is 441 g/mol. The normalized spacial score (nSPS) is 15.9. The minimum Gasteiger partial charge on any atom is -0.454 e. The molecule has 2 aliphatic heterocycles. The lowest BCUT2D eigenvalue weighted by molar-refractivity contribution is -0.122. The summed E-state index contributed by atoms with van der Waals surface area (Å²) < 4.78 is 10.8. The lowest BCUT2D eigenvalue weighted by Crippen LogP contribution is -2.41. The third-order valence-corrected chi connectivity index (χ3v) is 5.81. The molecule has 0 spiro atoms. The van der Waals surface area contributed by atoms with Crippen LogP contribution in [-0.2, 0) is 11.2 Å². The second-order valence-corrected chi connectivity index (χ2v) is 8.09. The maximum absolute atomic E-state index is 12.3. The molecule has 0 atom stereocenters. The molecule has 1 saturated heterocycles. The summed E-state index contributed by atoms with van der Waals surface area (Å²) in [6, 6.07) is 15.9. The molecule has 0 radical (unpaired) electrons. The lowest BCUT2D eigenvalue weighted by atomic mass is 10.1. The Kier molecular flexibility index (Phi) is 7.22. The fraction of sp³-hybridized carbons (Fsp3) is 0.391. The molecule has 0 aliphatic carbocycles. The van der Waals surface area contributed by atoms with Crippen molar-refractivity contribution in [2.75, 3.05) is 51.4 Å². The van der Waals surface area contributed by atoms with Crippen molar-refractivity contribution in [3.8, 4) is 11.5 Å². The second-order valence-electron chi connectivity index (χ2n) is 7.70. The zero-order valence-corrected chi connectivity index (χ0v) is 18.3. The van der Waals surface area contributed by atoms with E-state index in [4.69, 9.17) is 21.7 Å². The molecule has 0 bridgehead atoms. The van der Waals surface area contributed by atoms with E-state index in [-0.39, 0.29) is 12.7 Å². The van der Waals surface area contributed by atoms with E-state index in [0.717, 1.165) is 56.2 Å². The van der Waals surface area contributed by atoms with Gasteiger partial charge in [-0.15, -0.1) is 0 Å². The van der Waals surface area contributed by atoms with Crippen LogP contribution in [0.3, 0.4) is 0 Å². The van der Waals surface area contributed by atoms with Crippen molar-refractivity contribution in [3.05, 3.63) is 54.1 Å². The number of hydrogen-bond donors (Lipinski definition) is 2. The van der Waals surface area contributed by atoms with Crippen LogP contribution in [0.5, 0.6) is 11.5 Å². The highest BCUT2D eigenvalue weighted by atomic mass is 32.1. The van der Waals surface area contributed by atoms with Crippen molar-refractivity contribution >= 4 is 28.9 Å². The van der Waals surface area contributed by atoms with E-state index in [2.05, 4.69) is 32.6 Å². The van der Waals surface area contributed by atoms with Gasteiger partial charge in [-0.3, -0.25) is 9.69 Å². The van der Waals surface area contributed by atoms with Crippen LogP contribution in [0.25, 0.3) is 0 Å². The highest BCUT2D eigenvalue weighted by Gasteiger charge is 2.19. The number of carbonyl (C=O) groups is 1. The molecule has 2 aromatic carbocycles. The first-order valence-corrected chi connectivity index (χ1v) is 11.1. The molecule has 8 heteroatoms. The lowest BCUT2D eigenvalue weighted by Gasteiger charge is -2.24. The summed E-state index contributed by atoms with van der Waals surface area (Å²) in [7, 11) is 0. The smallest absolute Gasteiger partial charge is 0.234 e. The molecule has 2 aliphatic rings. The van der Waals surface area contributed by atoms with Crippen LogP contribution in [0.1, 0.15) is 12.0 Å². The minimum absolute atomic E-state index is 0.0745. The second kappa shape index (κ2) is 10.5. The largest absolute Gasteiger partial charge is 0.454 e. The van der Waals surface area contributed by atoms with Crippen LogP contribution in [0.4, 0.5) is 5.69 Å². The monoisotopic (exact) mass is 440 g/mol. The summed E-state index contributed by atoms with van der Waals surface area (Å²) in [4.78, 5) is 16.7. The molecule has 2 N–H and O–H groups in total. The van der Waals surface area contributed by atoms with Gasteiger partial charge in [-0.25, -0.2) is 0 Å². The number of nitrogens with zero attached hydrogens (tertiary/aromatic N) is 2. The molecule has 2 aromatic rings. The number of anilines is 1. The van der Waals surface area contributed by atoms with Crippen LogP contribution in [0, 0.1) is 0 Å². The predicted octanol–water partition coefficient (Wildman–Crippen LogP) is 2.48. The molecule has 164 valence electrons. The van der Waals surface area contributed by atoms with Gasteiger partial charge in [0.25, 0.3) is 0 Å². The molecule has 31 heavy (non-hydrogen) atoms. The summed E-state index contributed by atoms with van der Waals surface area (Å²) in [5, 5.41) is 7.01. The van der Waals surface area contributed by atoms with Gasteiger partial charge in [-0.1, -0.05) is 30.3 Å². The third kappa shape index (κ3) is 6.08. The summed E-state index contributed by atoms with van der Waals surface area (Å²) >= 11 is 5.62. The van der Waals surface area contributed by atoms with Gasteiger partial charge in [0.05, 0.1) is 6.54 Å². The van der Waals surface area contributed by atoms with Crippen molar-refractivity contribution in [2.45, 2.75) is 12.8 Å². The molecule has 7 nitrogen and oxygen atoms in total. The number of rotatable bonds is 6. The summed E-state index contributed by atoms with van der Waals surface area (Å²) in [6.07, 6.45) is 1.81. The molecule has 2 heterocycles. The number of hydrogen-bond acceptors (Lipinski definition) is 5. The Morgan fingerprint density at radius 2 is 1.84 bits per heavy atom. The number of nitrogens with one attached hydrogen (secondary N) is 2. The van der Waals surface area contributed by atoms with E-state index in [1.165, 1.54) is 5.56 Å². The minimum atomic E-state index is 0.0745. The van der Waals surface area contributed by atoms with Crippen LogP contribution in [0.15, 0.2) is 48.5 Å². The van der Waals surface area contributed by atoms with Crippen LogP contribution >= 0.6 is 12.2 Å². The summed E-state index contributed by atoms with van der Waals surface area (Å²) in [6.45, 7) is 4.67. The van der Waals surface area contributed by atoms with Crippen LogP contribution < -0.4 is 20.1 Å². The standard InChI is InChI=1S/C23H28N4O3S/c28-22(24-10-9-18-5-2-1-3-6-18)16-26-11-4-12-27(14-13-26)23(31)25-19-7-8-20-21(15-19)30-17-29-20/h1-3,5-8,15H,4,9-14,16-17H2,(H,24,28)(H,25,31). The van der Waals surface area contributed by atoms with Gasteiger partial charge < -0.3 is 25.0 Å². The van der Waals surface area contributed by atoms with Crippen molar-refractivity contribution in [1.82, 2.24) is 15.1 Å². The number of benzene rings is 2. The van der Waals surface area contributed by atoms with Crippen molar-refractivity contribution < 1.29 is 14.3 Å². The fourth-order valence-electron chi connectivity index (χ4n) is 3.76. The van der Waals surface area contributed by atoms with Crippen molar-refractivity contribution in [1.29, 1.82) is 0 Å². The van der Waals surface area contributed by atoms with E-state index >= 15 is 0 Å². The number of amides is 1. The Balaban J connectivity index is 1.20. The topological polar surface area (TPSA) is 66.1 Å². The highest BCUT2D eigenvalue weighted by Crippen LogP contribution is 2.34. The van der Waals surface area contributed by atoms with E-state index in [0.29, 0.717) is 18.2 Å². The zero-order valence-electron chi connectivity index (χ0n) is 17.5. The quantitative estimate of drug-likeness (QED) is 0.669. The SMILES string of the molecule is O=C(CN1CCCN(C(=S)Nc2ccc3c(c2)OCO3)CC1)NCCc1ccccc1. The zero-order chi connectivity index (χ0) is 21.5. The molecular formula is C23H28N4O3S. The maximum Gasteiger partial charge on any atom is 0.234 e. The first-order valence-electron chi connectivity index (χ1n) is 10.7. The number of carbonyl (C=O) groups excluding carboxylic acids is 1. The Labute approximate surface area is 188 Å². The van der Waals surface area contributed by atoms with Gasteiger partial charge in [0.15, 0.2) is 16.6 Å². The van der Waals surface area contributed by atoms with Crippen molar-refractivity contribution in [2.24, 2.45) is 0 Å². The van der Waals surface area contributed by atoms with Crippen molar-refractivity contribution in [3.63, 3.8) is 0 Å². The molecular weight excluding hydrogens is 412 g/mol. The predicted molar refractivity (Wildman–Crippen MR) is 125 cm³/mol. The van der Waals surface area contributed by atoms with E-state index in [1.54, 1.807) is 0 Å². The van der Waals surface area contributed by atoms with Gasteiger partial charge in [0.1, 0.15) is 0 Å². The summed E-state index contributed by atoms with van der Waals surface area (Å²) in [5.74, 6) is 1.56. The average Bonchev–Trinajstić information content (AvgIpc) is 3.12. The van der Waals surface area contributed by atoms with Crippen LogP contribution in [0.2, 0.25) is 0 Å². The molecule has 4 rings (SSSR count). The van der Waals surface area contributed by atoms with E-state index in [9.17, 15) is 4.79 Å². The van der Waals surface area contributed by atoms with E-state index < -0.39 is 0 Å². The molecule has 0 saturated carbocycles. The molecule has 0 unspecified atom stereocenters. The maximum atomic E-state index is 12.3. The first-order chi connectivity index (χ1) is 15.2. The number of thiocarbonyl (C=S) groups is 1. The van der Waals surface area contributed by atoms with Gasteiger partial charge in [-0.05, 0) is 42.8 Å². The summed E-state index contributed by atoms with van der Waals surface area (Å²) in [5.41, 5.74) is 2.12. The highest BCUT2D eigenvalue weighted by molar-refractivity contribution is 7.80. The molecule has 0 aromatic heterocycles. The number of ether oxygens (including phenoxy) is 2. The number of fused-ring (bicyclic) bond motifs is 1. The molecule has 1 amide bonds. The Hall–Kier alpha value is -2.84. The Morgan fingerprint density at radius 3 is 2.71 bits per heavy atom. The third-order valence-electron chi connectivity index (χ3n) is 5.45.